The van der Waals surface area contributed by atoms with E-state index in [1.165, 1.54) is 16.6 Å². The molecule has 0 saturated carbocycles. The number of benzene rings is 1. The zero-order valence-corrected chi connectivity index (χ0v) is 18.0. The van der Waals surface area contributed by atoms with Crippen molar-refractivity contribution in [1.82, 2.24) is 14.8 Å². The molecule has 1 amide bonds. The van der Waals surface area contributed by atoms with Gasteiger partial charge in [-0.05, 0) is 31.5 Å². The maximum Gasteiger partial charge on any atom is 0.234 e. The van der Waals surface area contributed by atoms with Crippen LogP contribution in [0.4, 0.5) is 5.69 Å². The normalized spacial score (nSPS) is 11.0. The van der Waals surface area contributed by atoms with E-state index in [2.05, 4.69) is 33.9 Å². The predicted molar refractivity (Wildman–Crippen MR) is 114 cm³/mol. The predicted octanol–water partition coefficient (Wildman–Crippen LogP) is 5.63. The minimum atomic E-state index is -0.203. The highest BCUT2D eigenvalue weighted by atomic mass is 35.5. The molecule has 0 radical (unpaired) electrons. The highest BCUT2D eigenvalue weighted by Crippen LogP contribution is 2.31. The number of aryl methyl sites for hydroxylation is 1. The van der Waals surface area contributed by atoms with Crippen LogP contribution in [-0.2, 0) is 17.8 Å². The summed E-state index contributed by atoms with van der Waals surface area (Å²) in [7, 11) is 0. The molecular formula is C18H18Cl2N4OS2. The number of para-hydroxylation sites is 1. The molecule has 27 heavy (non-hydrogen) atoms. The van der Waals surface area contributed by atoms with Crippen LogP contribution in [0.2, 0.25) is 10.0 Å². The smallest absolute Gasteiger partial charge is 0.234 e. The van der Waals surface area contributed by atoms with Gasteiger partial charge in [0.25, 0.3) is 0 Å². The molecule has 142 valence electrons. The summed E-state index contributed by atoms with van der Waals surface area (Å²) in [6, 6.07) is 7.24. The van der Waals surface area contributed by atoms with Gasteiger partial charge in [-0.1, -0.05) is 48.0 Å². The molecule has 1 N–H and O–H groups in total. The van der Waals surface area contributed by atoms with Crippen LogP contribution in [-0.4, -0.2) is 26.4 Å². The number of nitrogens with zero attached hydrogens (tertiary/aromatic N) is 3. The molecule has 0 aliphatic heterocycles. The minimum absolute atomic E-state index is 0.184. The Morgan fingerprint density at radius 1 is 1.26 bits per heavy atom. The third-order valence-corrected chi connectivity index (χ3v) is 6.53. The van der Waals surface area contributed by atoms with Gasteiger partial charge in [0.2, 0.25) is 5.91 Å². The van der Waals surface area contributed by atoms with Gasteiger partial charge in [0.05, 0.1) is 21.5 Å². The standard InChI is InChI=1S/C18H18Cl2N4OS2/c1-3-12-8-11(9-26-12)17-22-23-18(24(17)4-2)27-10-15(25)21-16-13(19)6-5-7-14(16)20/h5-9H,3-4,10H2,1-2H3,(H,21,25). The lowest BCUT2D eigenvalue weighted by Gasteiger charge is -2.09. The number of halogens is 2. The molecule has 5 nitrogen and oxygen atoms in total. The second-order valence-corrected chi connectivity index (χ2v) is 8.39. The van der Waals surface area contributed by atoms with Crippen molar-refractivity contribution in [2.24, 2.45) is 0 Å². The van der Waals surface area contributed by atoms with E-state index in [4.69, 9.17) is 23.2 Å². The number of hydrogen-bond donors (Lipinski definition) is 1. The van der Waals surface area contributed by atoms with Crippen LogP contribution in [0.25, 0.3) is 11.4 Å². The summed E-state index contributed by atoms with van der Waals surface area (Å²) >= 11 is 15.2. The van der Waals surface area contributed by atoms with E-state index in [0.717, 1.165) is 24.4 Å². The Balaban J connectivity index is 1.70. The first-order valence-corrected chi connectivity index (χ1v) is 11.0. The van der Waals surface area contributed by atoms with Crippen LogP contribution in [0.3, 0.4) is 0 Å². The number of carbonyl (C=O) groups is 1. The molecule has 0 atom stereocenters. The topological polar surface area (TPSA) is 59.8 Å². The largest absolute Gasteiger partial charge is 0.323 e. The van der Waals surface area contributed by atoms with E-state index in [1.54, 1.807) is 29.5 Å². The monoisotopic (exact) mass is 440 g/mol. The molecule has 2 heterocycles. The van der Waals surface area contributed by atoms with E-state index in [1.807, 2.05) is 11.5 Å². The zero-order valence-electron chi connectivity index (χ0n) is 14.8. The van der Waals surface area contributed by atoms with Crippen LogP contribution in [0, 0.1) is 0 Å². The van der Waals surface area contributed by atoms with Crippen LogP contribution >= 0.6 is 46.3 Å². The number of nitrogens with one attached hydrogen (secondary N) is 1. The number of thiophene rings is 1. The van der Waals surface area contributed by atoms with E-state index in [0.29, 0.717) is 20.9 Å². The second kappa shape index (κ2) is 9.10. The molecule has 0 aliphatic carbocycles. The van der Waals surface area contributed by atoms with Crippen molar-refractivity contribution < 1.29 is 4.79 Å². The fourth-order valence-corrected chi connectivity index (χ4v) is 4.61. The summed E-state index contributed by atoms with van der Waals surface area (Å²) in [5.74, 6) is 0.806. The van der Waals surface area contributed by atoms with Crippen molar-refractivity contribution in [1.29, 1.82) is 0 Å². The third kappa shape index (κ3) is 4.66. The molecule has 1 aromatic carbocycles. The van der Waals surface area contributed by atoms with E-state index < -0.39 is 0 Å². The molecule has 0 spiro atoms. The van der Waals surface area contributed by atoms with Crippen LogP contribution in [0.15, 0.2) is 34.8 Å². The fourth-order valence-electron chi connectivity index (χ4n) is 2.50. The number of amides is 1. The molecule has 0 bridgehead atoms. The molecule has 3 aromatic rings. The van der Waals surface area contributed by atoms with Gasteiger partial charge in [0, 0.05) is 22.4 Å². The van der Waals surface area contributed by atoms with Gasteiger partial charge in [0.1, 0.15) is 0 Å². The van der Waals surface area contributed by atoms with Gasteiger partial charge < -0.3 is 9.88 Å². The SMILES string of the molecule is CCc1cc(-c2nnc(SCC(=O)Nc3c(Cl)cccc3Cl)n2CC)cs1. The van der Waals surface area contributed by atoms with E-state index >= 15 is 0 Å². The Bertz CT molecular complexity index is 934. The molecule has 0 unspecified atom stereocenters. The van der Waals surface area contributed by atoms with Gasteiger partial charge >= 0.3 is 0 Å². The number of carbonyl (C=O) groups excluding carboxylic acids is 1. The summed E-state index contributed by atoms with van der Waals surface area (Å²) in [6.45, 7) is 4.89. The molecular weight excluding hydrogens is 423 g/mol. The Kier molecular flexibility index (Phi) is 6.81. The summed E-state index contributed by atoms with van der Waals surface area (Å²) in [5.41, 5.74) is 1.49. The van der Waals surface area contributed by atoms with Gasteiger partial charge in [-0.2, -0.15) is 0 Å². The number of aromatic nitrogens is 3. The molecule has 9 heteroatoms. The lowest BCUT2D eigenvalue weighted by Crippen LogP contribution is -2.15. The van der Waals surface area contributed by atoms with Crippen LogP contribution in [0.1, 0.15) is 18.7 Å². The zero-order chi connectivity index (χ0) is 19.4. The maximum atomic E-state index is 12.3. The average Bonchev–Trinajstić information content (AvgIpc) is 3.29. The Morgan fingerprint density at radius 3 is 2.63 bits per heavy atom. The first kappa shape index (κ1) is 20.2. The number of anilines is 1. The molecule has 0 fully saturated rings. The minimum Gasteiger partial charge on any atom is -0.323 e. The highest BCUT2D eigenvalue weighted by Gasteiger charge is 2.16. The summed E-state index contributed by atoms with van der Waals surface area (Å²) in [5, 5.41) is 14.9. The third-order valence-electron chi connectivity index (χ3n) is 3.85. The first-order valence-electron chi connectivity index (χ1n) is 8.41. The Hall–Kier alpha value is -1.54. The van der Waals surface area contributed by atoms with Gasteiger partial charge in [-0.25, -0.2) is 0 Å². The molecule has 0 aliphatic rings. The van der Waals surface area contributed by atoms with Crippen LogP contribution in [0.5, 0.6) is 0 Å². The summed E-state index contributed by atoms with van der Waals surface area (Å²) < 4.78 is 2.02. The quantitative estimate of drug-likeness (QED) is 0.483. The highest BCUT2D eigenvalue weighted by molar-refractivity contribution is 7.99. The van der Waals surface area contributed by atoms with Gasteiger partial charge in [-0.15, -0.1) is 21.5 Å². The number of hydrogen-bond acceptors (Lipinski definition) is 5. The number of thioether (sulfide) groups is 1. The Morgan fingerprint density at radius 2 is 2.00 bits per heavy atom. The molecule has 3 rings (SSSR count). The van der Waals surface area contributed by atoms with Crippen molar-refractivity contribution in [3.05, 3.63) is 44.6 Å². The Labute approximate surface area is 176 Å². The summed E-state index contributed by atoms with van der Waals surface area (Å²) in [4.78, 5) is 13.6. The fraction of sp³-hybridized carbons (Fsp3) is 0.278. The van der Waals surface area contributed by atoms with Crippen molar-refractivity contribution in [2.45, 2.75) is 32.0 Å². The van der Waals surface area contributed by atoms with Crippen LogP contribution < -0.4 is 5.32 Å². The first-order chi connectivity index (χ1) is 13.0. The van der Waals surface area contributed by atoms with E-state index in [-0.39, 0.29) is 11.7 Å². The average molecular weight is 441 g/mol. The van der Waals surface area contributed by atoms with Gasteiger partial charge in [0.15, 0.2) is 11.0 Å². The van der Waals surface area contributed by atoms with Crippen molar-refractivity contribution in [2.75, 3.05) is 11.1 Å². The lowest BCUT2D eigenvalue weighted by molar-refractivity contribution is -0.113. The maximum absolute atomic E-state index is 12.3. The van der Waals surface area contributed by atoms with Crippen molar-refractivity contribution in [3.63, 3.8) is 0 Å². The summed E-state index contributed by atoms with van der Waals surface area (Å²) in [6.07, 6.45) is 0.997. The van der Waals surface area contributed by atoms with Crippen molar-refractivity contribution >= 4 is 57.9 Å². The molecule has 0 saturated heterocycles. The lowest BCUT2D eigenvalue weighted by atomic mass is 10.2. The van der Waals surface area contributed by atoms with Gasteiger partial charge in [-0.3, -0.25) is 4.79 Å². The molecule has 2 aromatic heterocycles. The number of rotatable bonds is 7. The second-order valence-electron chi connectivity index (χ2n) is 5.64. The van der Waals surface area contributed by atoms with Crippen molar-refractivity contribution in [3.8, 4) is 11.4 Å². The van der Waals surface area contributed by atoms with E-state index in [9.17, 15) is 4.79 Å².